The summed E-state index contributed by atoms with van der Waals surface area (Å²) < 4.78 is 0. The Hall–Kier alpha value is -1.36. The SMILES string of the molecule is CCCNC1CCC(N(C)C(=O)c2cn[nH]c2C)CC1. The molecule has 0 aliphatic heterocycles. The zero-order valence-corrected chi connectivity index (χ0v) is 12.8. The third kappa shape index (κ3) is 3.39. The van der Waals surface area contributed by atoms with Crippen LogP contribution >= 0.6 is 0 Å². The quantitative estimate of drug-likeness (QED) is 0.867. The van der Waals surface area contributed by atoms with Gasteiger partial charge >= 0.3 is 0 Å². The molecule has 5 heteroatoms. The number of hydrogen-bond donors (Lipinski definition) is 2. The normalized spacial score (nSPS) is 22.8. The fourth-order valence-electron chi connectivity index (χ4n) is 2.94. The molecular formula is C15H26N4O. The summed E-state index contributed by atoms with van der Waals surface area (Å²) in [6, 6.07) is 0.988. The van der Waals surface area contributed by atoms with E-state index in [2.05, 4.69) is 22.4 Å². The molecule has 1 aromatic rings. The van der Waals surface area contributed by atoms with Gasteiger partial charge in [0, 0.05) is 24.8 Å². The van der Waals surface area contributed by atoms with E-state index in [0.717, 1.165) is 37.9 Å². The van der Waals surface area contributed by atoms with Crippen molar-refractivity contribution in [2.45, 2.75) is 58.0 Å². The zero-order valence-electron chi connectivity index (χ0n) is 12.8. The number of nitrogens with one attached hydrogen (secondary N) is 2. The highest BCUT2D eigenvalue weighted by Crippen LogP contribution is 2.24. The second-order valence-electron chi connectivity index (χ2n) is 5.78. The molecule has 1 fully saturated rings. The number of rotatable bonds is 5. The number of nitrogens with zero attached hydrogens (tertiary/aromatic N) is 2. The van der Waals surface area contributed by atoms with Crippen LogP contribution in [0.3, 0.4) is 0 Å². The van der Waals surface area contributed by atoms with E-state index in [1.54, 1.807) is 6.20 Å². The number of aromatic nitrogens is 2. The van der Waals surface area contributed by atoms with E-state index < -0.39 is 0 Å². The van der Waals surface area contributed by atoms with Gasteiger partial charge in [-0.2, -0.15) is 5.10 Å². The smallest absolute Gasteiger partial charge is 0.257 e. The lowest BCUT2D eigenvalue weighted by atomic mass is 9.90. The number of aryl methyl sites for hydroxylation is 1. The van der Waals surface area contributed by atoms with Gasteiger partial charge in [-0.05, 0) is 45.6 Å². The molecule has 0 spiro atoms. The van der Waals surface area contributed by atoms with Gasteiger partial charge in [-0.15, -0.1) is 0 Å². The van der Waals surface area contributed by atoms with Gasteiger partial charge in [0.1, 0.15) is 0 Å². The van der Waals surface area contributed by atoms with Crippen molar-refractivity contribution in [3.63, 3.8) is 0 Å². The minimum atomic E-state index is 0.0845. The van der Waals surface area contributed by atoms with Crippen LogP contribution in [-0.2, 0) is 0 Å². The van der Waals surface area contributed by atoms with Gasteiger partial charge in [-0.25, -0.2) is 0 Å². The molecule has 0 saturated heterocycles. The van der Waals surface area contributed by atoms with E-state index in [1.165, 1.54) is 6.42 Å². The Kier molecular flexibility index (Phi) is 5.17. The number of hydrogen-bond acceptors (Lipinski definition) is 3. The van der Waals surface area contributed by atoms with Crippen molar-refractivity contribution in [3.8, 4) is 0 Å². The van der Waals surface area contributed by atoms with Crippen LogP contribution in [0.2, 0.25) is 0 Å². The first-order chi connectivity index (χ1) is 9.63. The van der Waals surface area contributed by atoms with Gasteiger partial charge in [0.05, 0.1) is 11.8 Å². The fraction of sp³-hybridized carbons (Fsp3) is 0.733. The van der Waals surface area contributed by atoms with Gasteiger partial charge in [-0.3, -0.25) is 9.89 Å². The molecule has 0 bridgehead atoms. The van der Waals surface area contributed by atoms with Crippen LogP contribution in [0.1, 0.15) is 55.1 Å². The van der Waals surface area contributed by atoms with Crippen molar-refractivity contribution in [3.05, 3.63) is 17.5 Å². The first-order valence-electron chi connectivity index (χ1n) is 7.64. The minimum Gasteiger partial charge on any atom is -0.339 e. The average molecular weight is 278 g/mol. The van der Waals surface area contributed by atoms with Gasteiger partial charge in [0.15, 0.2) is 0 Å². The van der Waals surface area contributed by atoms with Gasteiger partial charge in [0.25, 0.3) is 5.91 Å². The van der Waals surface area contributed by atoms with E-state index in [0.29, 0.717) is 17.6 Å². The van der Waals surface area contributed by atoms with Crippen molar-refractivity contribution >= 4 is 5.91 Å². The second-order valence-corrected chi connectivity index (χ2v) is 5.78. The van der Waals surface area contributed by atoms with Crippen LogP contribution in [0.15, 0.2) is 6.20 Å². The third-order valence-electron chi connectivity index (χ3n) is 4.31. The highest BCUT2D eigenvalue weighted by Gasteiger charge is 2.27. The van der Waals surface area contributed by atoms with Crippen LogP contribution in [0, 0.1) is 6.92 Å². The number of H-pyrrole nitrogens is 1. The summed E-state index contributed by atoms with van der Waals surface area (Å²) in [4.78, 5) is 14.3. The average Bonchev–Trinajstić information content (AvgIpc) is 2.90. The zero-order chi connectivity index (χ0) is 14.5. The van der Waals surface area contributed by atoms with E-state index in [4.69, 9.17) is 0 Å². The Labute approximate surface area is 121 Å². The molecule has 1 heterocycles. The Morgan fingerprint density at radius 1 is 1.45 bits per heavy atom. The first-order valence-corrected chi connectivity index (χ1v) is 7.64. The molecule has 5 nitrogen and oxygen atoms in total. The summed E-state index contributed by atoms with van der Waals surface area (Å²) in [7, 11) is 1.92. The molecule has 0 aromatic carbocycles. The summed E-state index contributed by atoms with van der Waals surface area (Å²) in [5, 5.41) is 10.3. The Balaban J connectivity index is 1.87. The summed E-state index contributed by atoms with van der Waals surface area (Å²) in [5.41, 5.74) is 1.54. The molecule has 20 heavy (non-hydrogen) atoms. The maximum atomic E-state index is 12.4. The molecule has 0 atom stereocenters. The van der Waals surface area contributed by atoms with Crippen LogP contribution in [-0.4, -0.2) is 46.7 Å². The standard InChI is InChI=1S/C15H26N4O/c1-4-9-16-12-5-7-13(8-6-12)19(3)15(20)14-10-17-18-11(14)2/h10,12-13,16H,4-9H2,1-3H3,(H,17,18). The largest absolute Gasteiger partial charge is 0.339 e. The third-order valence-corrected chi connectivity index (χ3v) is 4.31. The van der Waals surface area contributed by atoms with Crippen molar-refractivity contribution < 1.29 is 4.79 Å². The Morgan fingerprint density at radius 3 is 2.70 bits per heavy atom. The number of amides is 1. The van der Waals surface area contributed by atoms with Crippen molar-refractivity contribution in [2.24, 2.45) is 0 Å². The Morgan fingerprint density at radius 2 is 2.15 bits per heavy atom. The van der Waals surface area contributed by atoms with E-state index >= 15 is 0 Å². The maximum absolute atomic E-state index is 12.4. The second kappa shape index (κ2) is 6.88. The van der Waals surface area contributed by atoms with E-state index in [9.17, 15) is 4.79 Å². The van der Waals surface area contributed by atoms with E-state index in [-0.39, 0.29) is 5.91 Å². The molecule has 0 unspecified atom stereocenters. The van der Waals surface area contributed by atoms with Crippen molar-refractivity contribution in [1.29, 1.82) is 0 Å². The molecule has 1 amide bonds. The van der Waals surface area contributed by atoms with Crippen LogP contribution < -0.4 is 5.32 Å². The predicted octanol–water partition coefficient (Wildman–Crippen LogP) is 2.10. The number of carbonyl (C=O) groups excluding carboxylic acids is 1. The molecule has 112 valence electrons. The van der Waals surface area contributed by atoms with Crippen LogP contribution in [0.4, 0.5) is 0 Å². The summed E-state index contributed by atoms with van der Waals surface area (Å²) >= 11 is 0. The minimum absolute atomic E-state index is 0.0845. The Bertz CT molecular complexity index is 435. The molecule has 2 N–H and O–H groups in total. The molecule has 0 radical (unpaired) electrons. The lowest BCUT2D eigenvalue weighted by Crippen LogP contribution is -2.43. The summed E-state index contributed by atoms with van der Waals surface area (Å²) in [6.45, 7) is 5.18. The molecule has 1 saturated carbocycles. The fourth-order valence-corrected chi connectivity index (χ4v) is 2.94. The van der Waals surface area contributed by atoms with Gasteiger partial charge in [0.2, 0.25) is 0 Å². The van der Waals surface area contributed by atoms with Crippen molar-refractivity contribution in [2.75, 3.05) is 13.6 Å². The van der Waals surface area contributed by atoms with Crippen LogP contribution in [0.5, 0.6) is 0 Å². The van der Waals surface area contributed by atoms with E-state index in [1.807, 2.05) is 18.9 Å². The predicted molar refractivity (Wildman–Crippen MR) is 79.8 cm³/mol. The highest BCUT2D eigenvalue weighted by molar-refractivity contribution is 5.95. The summed E-state index contributed by atoms with van der Waals surface area (Å²) in [5.74, 6) is 0.0845. The van der Waals surface area contributed by atoms with Crippen molar-refractivity contribution in [1.82, 2.24) is 20.4 Å². The summed E-state index contributed by atoms with van der Waals surface area (Å²) in [6.07, 6.45) is 7.29. The topological polar surface area (TPSA) is 61.0 Å². The molecule has 1 aromatic heterocycles. The molecule has 2 rings (SSSR count). The van der Waals surface area contributed by atoms with Gasteiger partial charge in [-0.1, -0.05) is 6.92 Å². The highest BCUT2D eigenvalue weighted by atomic mass is 16.2. The first kappa shape index (κ1) is 15.0. The van der Waals surface area contributed by atoms with Gasteiger partial charge < -0.3 is 10.2 Å². The lowest BCUT2D eigenvalue weighted by Gasteiger charge is -2.35. The molecular weight excluding hydrogens is 252 g/mol. The molecule has 1 aliphatic rings. The number of carbonyl (C=O) groups is 1. The monoisotopic (exact) mass is 278 g/mol. The number of aromatic amines is 1. The lowest BCUT2D eigenvalue weighted by molar-refractivity contribution is 0.0684. The maximum Gasteiger partial charge on any atom is 0.257 e. The molecule has 1 aliphatic carbocycles. The van der Waals surface area contributed by atoms with Crippen LogP contribution in [0.25, 0.3) is 0 Å².